The molecular formula is C25H22N4O3. The summed E-state index contributed by atoms with van der Waals surface area (Å²) >= 11 is 0. The van der Waals surface area contributed by atoms with Crippen LogP contribution in [0.2, 0.25) is 0 Å². The van der Waals surface area contributed by atoms with Crippen molar-refractivity contribution in [3.63, 3.8) is 0 Å². The van der Waals surface area contributed by atoms with E-state index in [2.05, 4.69) is 20.8 Å². The van der Waals surface area contributed by atoms with Gasteiger partial charge >= 0.3 is 0 Å². The van der Waals surface area contributed by atoms with Crippen molar-refractivity contribution in [1.82, 2.24) is 15.5 Å². The highest BCUT2D eigenvalue weighted by molar-refractivity contribution is 6.13. The number of nitrogens with one attached hydrogen (secondary N) is 2. The number of carbonyl (C=O) groups is 2. The standard InChI is InChI=1S/C25H22N4O3/c1-14-3-5-16(6-4-14)21-13-20(22-15(2)29-32-25(22)28-21)24(31)27-18-9-7-17(8-10-18)23(30)26-19-11-12-19/h3-10,13,19H,11-12H2,1-2H3,(H,26,30)(H,27,31). The van der Waals surface area contributed by atoms with Crippen LogP contribution in [0.3, 0.4) is 0 Å². The summed E-state index contributed by atoms with van der Waals surface area (Å²) in [6, 6.07) is 16.8. The SMILES string of the molecule is Cc1ccc(-c2cc(C(=O)Nc3ccc(C(=O)NC4CC4)cc3)c3c(C)noc3n2)cc1. The van der Waals surface area contributed by atoms with E-state index in [0.717, 1.165) is 24.0 Å². The van der Waals surface area contributed by atoms with Gasteiger partial charge in [0.2, 0.25) is 0 Å². The van der Waals surface area contributed by atoms with Crippen molar-refractivity contribution in [2.75, 3.05) is 5.32 Å². The molecule has 1 aliphatic carbocycles. The number of aromatic nitrogens is 2. The zero-order chi connectivity index (χ0) is 22.2. The number of aryl methyl sites for hydroxylation is 2. The maximum atomic E-state index is 13.2. The van der Waals surface area contributed by atoms with Crippen LogP contribution in [-0.4, -0.2) is 28.0 Å². The summed E-state index contributed by atoms with van der Waals surface area (Å²) in [7, 11) is 0. The van der Waals surface area contributed by atoms with Crippen LogP contribution in [0.15, 0.2) is 59.1 Å². The molecule has 2 aromatic heterocycles. The van der Waals surface area contributed by atoms with E-state index in [1.807, 2.05) is 31.2 Å². The van der Waals surface area contributed by atoms with Crippen LogP contribution in [-0.2, 0) is 0 Å². The largest absolute Gasteiger partial charge is 0.349 e. The molecule has 1 aliphatic rings. The molecule has 0 bridgehead atoms. The fourth-order valence-corrected chi connectivity index (χ4v) is 3.55. The van der Waals surface area contributed by atoms with Crippen molar-refractivity contribution < 1.29 is 14.1 Å². The topological polar surface area (TPSA) is 97.1 Å². The van der Waals surface area contributed by atoms with E-state index >= 15 is 0 Å². The smallest absolute Gasteiger partial charge is 0.259 e. The molecule has 4 aromatic rings. The molecule has 0 saturated heterocycles. The maximum Gasteiger partial charge on any atom is 0.259 e. The molecule has 2 heterocycles. The van der Waals surface area contributed by atoms with Crippen molar-refractivity contribution >= 4 is 28.6 Å². The molecule has 2 N–H and O–H groups in total. The minimum atomic E-state index is -0.299. The first-order valence-corrected chi connectivity index (χ1v) is 10.5. The third-order valence-corrected chi connectivity index (χ3v) is 5.53. The average molecular weight is 426 g/mol. The van der Waals surface area contributed by atoms with Crippen LogP contribution < -0.4 is 10.6 Å². The number of amides is 2. The van der Waals surface area contributed by atoms with Gasteiger partial charge in [0.25, 0.3) is 17.5 Å². The molecule has 2 aromatic carbocycles. The quantitative estimate of drug-likeness (QED) is 0.484. The molecule has 1 fully saturated rings. The van der Waals surface area contributed by atoms with Crippen LogP contribution >= 0.6 is 0 Å². The predicted octanol–water partition coefficient (Wildman–Crippen LogP) is 4.65. The number of rotatable bonds is 5. The van der Waals surface area contributed by atoms with Crippen molar-refractivity contribution in [3.05, 3.63) is 77.0 Å². The number of pyridine rings is 1. The molecule has 0 radical (unpaired) electrons. The van der Waals surface area contributed by atoms with E-state index in [1.165, 1.54) is 0 Å². The van der Waals surface area contributed by atoms with E-state index in [0.29, 0.717) is 45.3 Å². The number of anilines is 1. The summed E-state index contributed by atoms with van der Waals surface area (Å²) in [6.45, 7) is 3.79. The highest BCUT2D eigenvalue weighted by Gasteiger charge is 2.24. The van der Waals surface area contributed by atoms with E-state index in [1.54, 1.807) is 37.3 Å². The molecule has 2 amide bonds. The summed E-state index contributed by atoms with van der Waals surface area (Å²) in [5, 5.41) is 10.4. The molecule has 0 unspecified atom stereocenters. The van der Waals surface area contributed by atoms with Gasteiger partial charge in [-0.2, -0.15) is 0 Å². The Balaban J connectivity index is 1.44. The first kappa shape index (κ1) is 19.9. The fraction of sp³-hybridized carbons (Fsp3) is 0.200. The number of carbonyl (C=O) groups excluding carboxylic acids is 2. The van der Waals surface area contributed by atoms with Gasteiger partial charge in [0, 0.05) is 22.9 Å². The Morgan fingerprint density at radius 2 is 1.69 bits per heavy atom. The zero-order valence-electron chi connectivity index (χ0n) is 17.8. The van der Waals surface area contributed by atoms with Crippen LogP contribution in [0.5, 0.6) is 0 Å². The number of hydrogen-bond acceptors (Lipinski definition) is 5. The Kier molecular flexibility index (Phi) is 4.93. The Labute approximate surface area is 184 Å². The minimum Gasteiger partial charge on any atom is -0.349 e. The number of nitrogens with zero attached hydrogens (tertiary/aromatic N) is 2. The molecule has 7 heteroatoms. The first-order valence-electron chi connectivity index (χ1n) is 10.5. The number of hydrogen-bond donors (Lipinski definition) is 2. The van der Waals surface area contributed by atoms with E-state index in [4.69, 9.17) is 4.52 Å². The monoisotopic (exact) mass is 426 g/mol. The summed E-state index contributed by atoms with van der Waals surface area (Å²) in [5.74, 6) is -0.392. The van der Waals surface area contributed by atoms with Crippen molar-refractivity contribution in [3.8, 4) is 11.3 Å². The summed E-state index contributed by atoms with van der Waals surface area (Å²) in [4.78, 5) is 29.9. The first-order chi connectivity index (χ1) is 15.5. The Bertz CT molecular complexity index is 1320. The molecule has 5 rings (SSSR count). The van der Waals surface area contributed by atoms with Gasteiger partial charge in [0.15, 0.2) is 0 Å². The lowest BCUT2D eigenvalue weighted by atomic mass is 10.0. The fourth-order valence-electron chi connectivity index (χ4n) is 3.55. The second-order valence-corrected chi connectivity index (χ2v) is 8.15. The highest BCUT2D eigenvalue weighted by atomic mass is 16.5. The lowest BCUT2D eigenvalue weighted by molar-refractivity contribution is 0.0950. The molecule has 7 nitrogen and oxygen atoms in total. The Morgan fingerprint density at radius 3 is 2.38 bits per heavy atom. The van der Waals surface area contributed by atoms with Gasteiger partial charge in [-0.3, -0.25) is 9.59 Å². The van der Waals surface area contributed by atoms with Crippen LogP contribution in [0.1, 0.15) is 44.8 Å². The maximum absolute atomic E-state index is 13.2. The molecular weight excluding hydrogens is 404 g/mol. The third kappa shape index (κ3) is 3.97. The lowest BCUT2D eigenvalue weighted by Crippen LogP contribution is -2.25. The normalized spacial score (nSPS) is 13.2. The van der Waals surface area contributed by atoms with Crippen LogP contribution in [0, 0.1) is 13.8 Å². The van der Waals surface area contributed by atoms with Crippen molar-refractivity contribution in [2.45, 2.75) is 32.7 Å². The summed E-state index contributed by atoms with van der Waals surface area (Å²) in [6.07, 6.45) is 2.07. The molecule has 0 aliphatic heterocycles. The van der Waals surface area contributed by atoms with Gasteiger partial charge in [-0.1, -0.05) is 35.0 Å². The van der Waals surface area contributed by atoms with Crippen LogP contribution in [0.4, 0.5) is 5.69 Å². The summed E-state index contributed by atoms with van der Waals surface area (Å²) in [5.41, 5.74) is 5.15. The van der Waals surface area contributed by atoms with E-state index in [9.17, 15) is 9.59 Å². The Morgan fingerprint density at radius 1 is 0.969 bits per heavy atom. The molecule has 0 atom stereocenters. The van der Waals surface area contributed by atoms with Gasteiger partial charge < -0.3 is 15.2 Å². The lowest BCUT2D eigenvalue weighted by Gasteiger charge is -2.09. The van der Waals surface area contributed by atoms with Gasteiger partial charge in [0.1, 0.15) is 0 Å². The second-order valence-electron chi connectivity index (χ2n) is 8.15. The molecule has 160 valence electrons. The number of benzene rings is 2. The van der Waals surface area contributed by atoms with Crippen LogP contribution in [0.25, 0.3) is 22.4 Å². The number of fused-ring (bicyclic) bond motifs is 1. The second kappa shape index (κ2) is 7.92. The predicted molar refractivity (Wildman–Crippen MR) is 122 cm³/mol. The Hall–Kier alpha value is -4.00. The van der Waals surface area contributed by atoms with Crippen molar-refractivity contribution in [1.29, 1.82) is 0 Å². The minimum absolute atomic E-state index is 0.0935. The highest BCUT2D eigenvalue weighted by Crippen LogP contribution is 2.28. The zero-order valence-corrected chi connectivity index (χ0v) is 17.8. The van der Waals surface area contributed by atoms with E-state index in [-0.39, 0.29) is 11.8 Å². The molecule has 0 spiro atoms. The molecule has 1 saturated carbocycles. The van der Waals surface area contributed by atoms with Gasteiger partial charge in [0.05, 0.1) is 22.3 Å². The molecule has 32 heavy (non-hydrogen) atoms. The van der Waals surface area contributed by atoms with Gasteiger partial charge in [-0.05, 0) is 57.0 Å². The van der Waals surface area contributed by atoms with Crippen molar-refractivity contribution in [2.24, 2.45) is 0 Å². The van der Waals surface area contributed by atoms with Gasteiger partial charge in [-0.25, -0.2) is 4.98 Å². The van der Waals surface area contributed by atoms with E-state index < -0.39 is 0 Å². The summed E-state index contributed by atoms with van der Waals surface area (Å²) < 4.78 is 5.37. The third-order valence-electron chi connectivity index (χ3n) is 5.53. The average Bonchev–Trinajstić information content (AvgIpc) is 3.54. The van der Waals surface area contributed by atoms with Gasteiger partial charge in [-0.15, -0.1) is 0 Å².